The van der Waals surface area contributed by atoms with Gasteiger partial charge in [-0.05, 0) is 30.3 Å². The molecule has 2 aliphatic rings. The van der Waals surface area contributed by atoms with Gasteiger partial charge in [-0.25, -0.2) is 18.5 Å². The molecule has 0 aliphatic carbocycles. The minimum atomic E-state index is -4.03. The van der Waals surface area contributed by atoms with Crippen molar-refractivity contribution in [1.82, 2.24) is 18.4 Å². The van der Waals surface area contributed by atoms with Crippen LogP contribution in [-0.4, -0.2) is 73.6 Å². The van der Waals surface area contributed by atoms with Crippen LogP contribution >= 0.6 is 0 Å². The third-order valence-corrected chi connectivity index (χ3v) is 8.70. The van der Waals surface area contributed by atoms with Gasteiger partial charge in [0.1, 0.15) is 35.2 Å². The van der Waals surface area contributed by atoms with E-state index in [1.807, 2.05) is 4.72 Å². The maximum atomic E-state index is 14.9. The standard InChI is InChI=1S/C26H31F2N5O5S/c1-3-31(2)39(35,36)30-26(34)23-14-29-25-7-5-19(16-33(23)25)32-15-18(28)13-22(32)21-12-17(27)4-6-24(21)38-20-8-10-37-11-9-20/h4-7,12,14,16,18,20,22H,3,8-11,13,15H2,1-2H3,(H,30,34). The molecule has 5 rings (SSSR count). The lowest BCUT2D eigenvalue weighted by Crippen LogP contribution is -2.41. The topological polar surface area (TPSA) is 105 Å². The van der Waals surface area contributed by atoms with Crippen molar-refractivity contribution in [3.05, 3.63) is 59.8 Å². The summed E-state index contributed by atoms with van der Waals surface area (Å²) in [4.78, 5) is 18.9. The second kappa shape index (κ2) is 11.1. The number of anilines is 1. The van der Waals surface area contributed by atoms with E-state index in [4.69, 9.17) is 9.47 Å². The lowest BCUT2D eigenvalue weighted by molar-refractivity contribution is 0.0250. The fourth-order valence-electron chi connectivity index (χ4n) is 4.95. The number of alkyl halides is 1. The summed E-state index contributed by atoms with van der Waals surface area (Å²) in [5.74, 6) is -0.797. The summed E-state index contributed by atoms with van der Waals surface area (Å²) in [6.45, 7) is 3.05. The lowest BCUT2D eigenvalue weighted by Gasteiger charge is -2.30. The van der Waals surface area contributed by atoms with Gasteiger partial charge in [-0.1, -0.05) is 6.92 Å². The summed E-state index contributed by atoms with van der Waals surface area (Å²) >= 11 is 0. The van der Waals surface area contributed by atoms with E-state index in [1.165, 1.54) is 29.8 Å². The molecule has 2 unspecified atom stereocenters. The van der Waals surface area contributed by atoms with Crippen LogP contribution in [0.1, 0.15) is 48.3 Å². The van der Waals surface area contributed by atoms with Crippen LogP contribution in [0.3, 0.4) is 0 Å². The highest BCUT2D eigenvalue weighted by Gasteiger charge is 2.36. The molecule has 2 aliphatic heterocycles. The van der Waals surface area contributed by atoms with E-state index < -0.39 is 34.1 Å². The van der Waals surface area contributed by atoms with E-state index in [2.05, 4.69) is 4.98 Å². The first-order chi connectivity index (χ1) is 18.7. The molecule has 10 nitrogen and oxygen atoms in total. The number of amides is 1. The Labute approximate surface area is 225 Å². The SMILES string of the molecule is CCN(C)S(=O)(=O)NC(=O)c1cnc2ccc(N3CC(F)CC3c3cc(F)ccc3OC3CCOCC3)cn12. The van der Waals surface area contributed by atoms with E-state index in [1.54, 1.807) is 36.2 Å². The lowest BCUT2D eigenvalue weighted by atomic mass is 10.0. The summed E-state index contributed by atoms with van der Waals surface area (Å²) < 4.78 is 70.2. The van der Waals surface area contributed by atoms with Gasteiger partial charge in [0.05, 0.1) is 31.1 Å². The van der Waals surface area contributed by atoms with E-state index >= 15 is 0 Å². The molecule has 4 heterocycles. The first-order valence-corrected chi connectivity index (χ1v) is 14.3. The van der Waals surface area contributed by atoms with Gasteiger partial charge in [0, 0.05) is 51.2 Å². The van der Waals surface area contributed by atoms with Crippen molar-refractivity contribution >= 4 is 27.5 Å². The Kier molecular flexibility index (Phi) is 7.74. The average molecular weight is 564 g/mol. The van der Waals surface area contributed by atoms with Crippen LogP contribution in [0.25, 0.3) is 5.65 Å². The summed E-state index contributed by atoms with van der Waals surface area (Å²) in [7, 11) is -2.67. The highest BCUT2D eigenvalue weighted by atomic mass is 32.2. The molecular formula is C26H31F2N5O5S. The maximum absolute atomic E-state index is 14.9. The molecule has 1 N–H and O–H groups in total. The van der Waals surface area contributed by atoms with Gasteiger partial charge in [-0.15, -0.1) is 0 Å². The molecule has 0 spiro atoms. The smallest absolute Gasteiger partial charge is 0.303 e. The van der Waals surface area contributed by atoms with E-state index in [0.29, 0.717) is 48.7 Å². The largest absolute Gasteiger partial charge is 0.490 e. The molecule has 1 aromatic carbocycles. The molecule has 2 aromatic heterocycles. The number of pyridine rings is 1. The van der Waals surface area contributed by atoms with Crippen molar-refractivity contribution in [2.45, 2.75) is 44.5 Å². The van der Waals surface area contributed by atoms with Crippen LogP contribution in [-0.2, 0) is 14.9 Å². The Hall–Kier alpha value is -3.29. The fourth-order valence-corrected chi connectivity index (χ4v) is 5.78. The van der Waals surface area contributed by atoms with Gasteiger partial charge in [-0.2, -0.15) is 12.7 Å². The molecule has 0 bridgehead atoms. The van der Waals surface area contributed by atoms with Crippen molar-refractivity contribution in [2.75, 3.05) is 38.3 Å². The third kappa shape index (κ3) is 5.70. The number of ether oxygens (including phenoxy) is 2. The average Bonchev–Trinajstić information content (AvgIpc) is 3.52. The molecular weight excluding hydrogens is 532 g/mol. The molecule has 2 fully saturated rings. The van der Waals surface area contributed by atoms with Crippen molar-refractivity contribution in [3.8, 4) is 5.75 Å². The molecule has 0 radical (unpaired) electrons. The fraction of sp³-hybridized carbons (Fsp3) is 0.462. The monoisotopic (exact) mass is 563 g/mol. The van der Waals surface area contributed by atoms with Crippen molar-refractivity contribution in [3.63, 3.8) is 0 Å². The van der Waals surface area contributed by atoms with Gasteiger partial charge in [-0.3, -0.25) is 9.20 Å². The zero-order chi connectivity index (χ0) is 27.7. The number of fused-ring (bicyclic) bond motifs is 1. The van der Waals surface area contributed by atoms with E-state index in [0.717, 1.165) is 4.31 Å². The van der Waals surface area contributed by atoms with Crippen LogP contribution in [0, 0.1) is 5.82 Å². The van der Waals surface area contributed by atoms with Gasteiger partial charge in [0.15, 0.2) is 0 Å². The van der Waals surface area contributed by atoms with Gasteiger partial charge in [0.25, 0.3) is 5.91 Å². The predicted octanol–water partition coefficient (Wildman–Crippen LogP) is 3.25. The first-order valence-electron chi connectivity index (χ1n) is 12.9. The molecule has 3 aromatic rings. The number of aromatic nitrogens is 2. The molecule has 39 heavy (non-hydrogen) atoms. The Morgan fingerprint density at radius 2 is 2.03 bits per heavy atom. The molecule has 2 saturated heterocycles. The van der Waals surface area contributed by atoms with Crippen LogP contribution < -0.4 is 14.4 Å². The van der Waals surface area contributed by atoms with Crippen molar-refractivity contribution < 1.29 is 31.5 Å². The highest BCUT2D eigenvalue weighted by molar-refractivity contribution is 7.87. The Bertz CT molecular complexity index is 1460. The van der Waals surface area contributed by atoms with Crippen LogP contribution in [0.15, 0.2) is 42.7 Å². The zero-order valence-corrected chi connectivity index (χ0v) is 22.5. The maximum Gasteiger partial charge on any atom is 0.303 e. The summed E-state index contributed by atoms with van der Waals surface area (Å²) in [5.41, 5.74) is 1.52. The predicted molar refractivity (Wildman–Crippen MR) is 140 cm³/mol. The van der Waals surface area contributed by atoms with Gasteiger partial charge in [0.2, 0.25) is 0 Å². The van der Waals surface area contributed by atoms with Crippen LogP contribution in [0.5, 0.6) is 5.75 Å². The minimum absolute atomic E-state index is 0.00164. The Balaban J connectivity index is 1.47. The Morgan fingerprint density at radius 1 is 1.26 bits per heavy atom. The number of benzene rings is 1. The Morgan fingerprint density at radius 3 is 2.77 bits per heavy atom. The third-order valence-electron chi connectivity index (χ3n) is 7.17. The van der Waals surface area contributed by atoms with E-state index in [-0.39, 0.29) is 31.3 Å². The molecule has 2 atom stereocenters. The first kappa shape index (κ1) is 27.3. The number of nitrogens with zero attached hydrogens (tertiary/aromatic N) is 4. The summed E-state index contributed by atoms with van der Waals surface area (Å²) in [6.07, 6.45) is 3.19. The van der Waals surface area contributed by atoms with Crippen molar-refractivity contribution in [2.24, 2.45) is 0 Å². The second-order valence-electron chi connectivity index (χ2n) is 9.72. The number of hydrogen-bond acceptors (Lipinski definition) is 7. The molecule has 1 amide bonds. The molecule has 0 saturated carbocycles. The second-order valence-corrected chi connectivity index (χ2v) is 11.5. The van der Waals surface area contributed by atoms with Gasteiger partial charge < -0.3 is 14.4 Å². The minimum Gasteiger partial charge on any atom is -0.490 e. The van der Waals surface area contributed by atoms with Crippen molar-refractivity contribution in [1.29, 1.82) is 0 Å². The molecule has 13 heteroatoms. The van der Waals surface area contributed by atoms with Gasteiger partial charge >= 0.3 is 10.2 Å². The normalized spacial score (nSPS) is 20.6. The summed E-state index contributed by atoms with van der Waals surface area (Å²) in [6, 6.07) is 7.17. The number of nitrogens with one attached hydrogen (secondary N) is 1. The number of carbonyl (C=O) groups is 1. The number of halogens is 2. The number of hydrogen-bond donors (Lipinski definition) is 1. The highest BCUT2D eigenvalue weighted by Crippen LogP contribution is 2.42. The quantitative estimate of drug-likeness (QED) is 0.449. The number of rotatable bonds is 8. The number of carbonyl (C=O) groups excluding carboxylic acids is 1. The zero-order valence-electron chi connectivity index (χ0n) is 21.7. The molecule has 210 valence electrons. The van der Waals surface area contributed by atoms with Crippen LogP contribution in [0.2, 0.25) is 0 Å². The van der Waals surface area contributed by atoms with Crippen LogP contribution in [0.4, 0.5) is 14.5 Å². The van der Waals surface area contributed by atoms with E-state index in [9.17, 15) is 22.0 Å². The summed E-state index contributed by atoms with van der Waals surface area (Å²) in [5, 5.41) is 0. The number of imidazole rings is 1.